The van der Waals surface area contributed by atoms with Crippen LogP contribution in [0.25, 0.3) is 5.69 Å². The van der Waals surface area contributed by atoms with E-state index in [9.17, 15) is 9.18 Å². The van der Waals surface area contributed by atoms with E-state index < -0.39 is 0 Å². The quantitative estimate of drug-likeness (QED) is 0.734. The summed E-state index contributed by atoms with van der Waals surface area (Å²) >= 11 is 3.29. The molecule has 0 fully saturated rings. The number of carbonyl (C=O) groups is 1. The van der Waals surface area contributed by atoms with Crippen LogP contribution in [0.15, 0.2) is 59.1 Å². The van der Waals surface area contributed by atoms with Crippen LogP contribution in [0, 0.1) is 12.7 Å². The van der Waals surface area contributed by atoms with Crippen LogP contribution in [0.4, 0.5) is 4.39 Å². The molecule has 0 saturated carbocycles. The van der Waals surface area contributed by atoms with Gasteiger partial charge in [-0.3, -0.25) is 4.79 Å². The number of amides is 1. The first-order valence-corrected chi connectivity index (χ1v) is 8.18. The molecule has 0 aliphatic heterocycles. The number of rotatable bonds is 4. The zero-order valence-electron chi connectivity index (χ0n) is 13.0. The maximum Gasteiger partial charge on any atom is 0.272 e. The Morgan fingerprint density at radius 1 is 1.21 bits per heavy atom. The summed E-state index contributed by atoms with van der Waals surface area (Å²) in [6.07, 6.45) is 0. The predicted octanol–water partition coefficient (Wildman–Crippen LogP) is 4.01. The van der Waals surface area contributed by atoms with E-state index in [1.54, 1.807) is 22.9 Å². The largest absolute Gasteiger partial charge is 0.346 e. The Kier molecular flexibility index (Phi) is 4.76. The van der Waals surface area contributed by atoms with Crippen molar-refractivity contribution in [3.8, 4) is 5.69 Å². The van der Waals surface area contributed by atoms with Gasteiger partial charge in [-0.1, -0.05) is 34.1 Å². The molecule has 24 heavy (non-hydrogen) atoms. The normalized spacial score (nSPS) is 10.6. The molecular weight excluding hydrogens is 373 g/mol. The van der Waals surface area contributed by atoms with E-state index in [0.717, 1.165) is 15.9 Å². The van der Waals surface area contributed by atoms with Crippen LogP contribution >= 0.6 is 15.9 Å². The van der Waals surface area contributed by atoms with E-state index in [-0.39, 0.29) is 18.3 Å². The second kappa shape index (κ2) is 6.97. The highest BCUT2D eigenvalue weighted by Gasteiger charge is 2.14. The molecule has 1 N–H and O–H groups in total. The molecule has 4 nitrogen and oxygen atoms in total. The van der Waals surface area contributed by atoms with Gasteiger partial charge in [0.1, 0.15) is 5.82 Å². The maximum atomic E-state index is 13.7. The van der Waals surface area contributed by atoms with Gasteiger partial charge in [0.2, 0.25) is 0 Å². The zero-order chi connectivity index (χ0) is 17.1. The molecule has 2 aromatic carbocycles. The van der Waals surface area contributed by atoms with Crippen LogP contribution in [-0.2, 0) is 6.54 Å². The van der Waals surface area contributed by atoms with Gasteiger partial charge in [0.15, 0.2) is 5.69 Å². The lowest BCUT2D eigenvalue weighted by molar-refractivity contribution is 0.0945. The number of nitrogens with zero attached hydrogens (tertiary/aromatic N) is 2. The van der Waals surface area contributed by atoms with Crippen molar-refractivity contribution in [2.75, 3.05) is 0 Å². The molecule has 1 amide bonds. The number of hydrogen-bond acceptors (Lipinski definition) is 2. The molecule has 0 radical (unpaired) electrons. The molecule has 0 saturated heterocycles. The lowest BCUT2D eigenvalue weighted by Gasteiger charge is -2.06. The number of benzene rings is 2. The van der Waals surface area contributed by atoms with Crippen molar-refractivity contribution in [3.05, 3.63) is 81.8 Å². The molecule has 122 valence electrons. The minimum Gasteiger partial charge on any atom is -0.346 e. The molecule has 0 bridgehead atoms. The Bertz CT molecular complexity index is 877. The van der Waals surface area contributed by atoms with E-state index in [2.05, 4.69) is 26.3 Å². The standard InChI is InChI=1S/C18H15BrFN3O/c1-12-9-17(22-23(12)15-5-3-2-4-6-15)18(24)21-11-13-10-14(19)7-8-16(13)20/h2-10H,11H2,1H3,(H,21,24). The first-order chi connectivity index (χ1) is 11.5. The molecule has 3 rings (SSSR count). The van der Waals surface area contributed by atoms with Crippen LogP contribution in [-0.4, -0.2) is 15.7 Å². The minimum absolute atomic E-state index is 0.0986. The molecule has 1 heterocycles. The van der Waals surface area contributed by atoms with Gasteiger partial charge in [0.05, 0.1) is 5.69 Å². The van der Waals surface area contributed by atoms with Crippen molar-refractivity contribution in [1.29, 1.82) is 0 Å². The summed E-state index contributed by atoms with van der Waals surface area (Å²) in [4.78, 5) is 12.3. The smallest absolute Gasteiger partial charge is 0.272 e. The average molecular weight is 388 g/mol. The van der Waals surface area contributed by atoms with Gasteiger partial charge in [-0.15, -0.1) is 0 Å². The second-order valence-corrected chi connectivity index (χ2v) is 6.25. The highest BCUT2D eigenvalue weighted by Crippen LogP contribution is 2.16. The number of hydrogen-bond donors (Lipinski definition) is 1. The molecule has 0 unspecified atom stereocenters. The van der Waals surface area contributed by atoms with Crippen molar-refractivity contribution in [2.24, 2.45) is 0 Å². The third kappa shape index (κ3) is 3.54. The molecule has 6 heteroatoms. The number of carbonyl (C=O) groups excluding carboxylic acids is 1. The molecule has 0 aliphatic rings. The molecule has 1 aromatic heterocycles. The molecule has 0 aliphatic carbocycles. The van der Waals surface area contributed by atoms with E-state index in [1.807, 2.05) is 37.3 Å². The summed E-state index contributed by atoms with van der Waals surface area (Å²) in [7, 11) is 0. The van der Waals surface area contributed by atoms with E-state index in [0.29, 0.717) is 11.3 Å². The number of halogens is 2. The fourth-order valence-electron chi connectivity index (χ4n) is 2.36. The Morgan fingerprint density at radius 3 is 2.71 bits per heavy atom. The minimum atomic E-state index is -0.357. The summed E-state index contributed by atoms with van der Waals surface area (Å²) in [5.74, 6) is -0.698. The highest BCUT2D eigenvalue weighted by atomic mass is 79.9. The molecular formula is C18H15BrFN3O. The molecule has 0 atom stereocenters. The number of nitrogens with one attached hydrogen (secondary N) is 1. The average Bonchev–Trinajstić information content (AvgIpc) is 2.98. The SMILES string of the molecule is Cc1cc(C(=O)NCc2cc(Br)ccc2F)nn1-c1ccccc1. The van der Waals surface area contributed by atoms with Gasteiger partial charge in [0.25, 0.3) is 5.91 Å². The lowest BCUT2D eigenvalue weighted by atomic mass is 10.2. The van der Waals surface area contributed by atoms with Crippen molar-refractivity contribution in [1.82, 2.24) is 15.1 Å². The fraction of sp³-hybridized carbons (Fsp3) is 0.111. The monoisotopic (exact) mass is 387 g/mol. The van der Waals surface area contributed by atoms with Gasteiger partial charge >= 0.3 is 0 Å². The molecule has 0 spiro atoms. The van der Waals surface area contributed by atoms with Crippen LogP contribution in [0.5, 0.6) is 0 Å². The highest BCUT2D eigenvalue weighted by molar-refractivity contribution is 9.10. The Morgan fingerprint density at radius 2 is 1.96 bits per heavy atom. The van der Waals surface area contributed by atoms with Crippen LogP contribution in [0.3, 0.4) is 0 Å². The van der Waals surface area contributed by atoms with Gasteiger partial charge in [-0.05, 0) is 43.3 Å². The summed E-state index contributed by atoms with van der Waals surface area (Å²) in [6, 6.07) is 15.9. The lowest BCUT2D eigenvalue weighted by Crippen LogP contribution is -2.24. The number of aromatic nitrogens is 2. The van der Waals surface area contributed by atoms with E-state index in [1.165, 1.54) is 6.07 Å². The Balaban J connectivity index is 1.75. The fourth-order valence-corrected chi connectivity index (χ4v) is 2.77. The van der Waals surface area contributed by atoms with Crippen molar-refractivity contribution < 1.29 is 9.18 Å². The van der Waals surface area contributed by atoms with E-state index >= 15 is 0 Å². The van der Waals surface area contributed by atoms with Crippen LogP contribution < -0.4 is 5.32 Å². The van der Waals surface area contributed by atoms with Gasteiger partial charge in [-0.25, -0.2) is 9.07 Å². The number of para-hydroxylation sites is 1. The third-order valence-electron chi connectivity index (χ3n) is 3.57. The number of aryl methyl sites for hydroxylation is 1. The van der Waals surface area contributed by atoms with Crippen LogP contribution in [0.2, 0.25) is 0 Å². The zero-order valence-corrected chi connectivity index (χ0v) is 14.5. The van der Waals surface area contributed by atoms with Crippen LogP contribution in [0.1, 0.15) is 21.7 Å². The Labute approximate surface area is 147 Å². The van der Waals surface area contributed by atoms with E-state index in [4.69, 9.17) is 0 Å². The van der Waals surface area contributed by atoms with Gasteiger partial charge in [-0.2, -0.15) is 5.10 Å². The molecule has 3 aromatic rings. The predicted molar refractivity (Wildman–Crippen MR) is 93.6 cm³/mol. The third-order valence-corrected chi connectivity index (χ3v) is 4.06. The topological polar surface area (TPSA) is 46.9 Å². The first-order valence-electron chi connectivity index (χ1n) is 7.39. The second-order valence-electron chi connectivity index (χ2n) is 5.34. The van der Waals surface area contributed by atoms with Crippen molar-refractivity contribution in [3.63, 3.8) is 0 Å². The summed E-state index contributed by atoms with van der Waals surface area (Å²) in [6.45, 7) is 1.98. The summed E-state index contributed by atoms with van der Waals surface area (Å²) in [5, 5.41) is 7.03. The summed E-state index contributed by atoms with van der Waals surface area (Å²) < 4.78 is 16.2. The summed E-state index contributed by atoms with van der Waals surface area (Å²) in [5.41, 5.74) is 2.44. The van der Waals surface area contributed by atoms with Crippen molar-refractivity contribution in [2.45, 2.75) is 13.5 Å². The van der Waals surface area contributed by atoms with Gasteiger partial charge < -0.3 is 5.32 Å². The first kappa shape index (κ1) is 16.4. The van der Waals surface area contributed by atoms with Gasteiger partial charge in [0, 0.05) is 22.3 Å². The maximum absolute atomic E-state index is 13.7. The van der Waals surface area contributed by atoms with Crippen molar-refractivity contribution >= 4 is 21.8 Å². The Hall–Kier alpha value is -2.47.